The van der Waals surface area contributed by atoms with Gasteiger partial charge in [-0.1, -0.05) is 29.8 Å². The zero-order chi connectivity index (χ0) is 24.4. The van der Waals surface area contributed by atoms with E-state index in [1.54, 1.807) is 24.3 Å². The Hall–Kier alpha value is -3.13. The van der Waals surface area contributed by atoms with Gasteiger partial charge in [0.25, 0.3) is 0 Å². The van der Waals surface area contributed by atoms with Crippen LogP contribution >= 0.6 is 23.1 Å². The number of nitrogens with zero attached hydrogens (tertiary/aromatic N) is 1. The van der Waals surface area contributed by atoms with Crippen LogP contribution in [-0.2, 0) is 4.74 Å². The third-order valence-electron chi connectivity index (χ3n) is 5.75. The zero-order valence-electron chi connectivity index (χ0n) is 18.5. The molecule has 5 rings (SSSR count). The van der Waals surface area contributed by atoms with Gasteiger partial charge in [0.15, 0.2) is 23.7 Å². The Morgan fingerprint density at radius 1 is 1.03 bits per heavy atom. The number of ketones is 1. The summed E-state index contributed by atoms with van der Waals surface area (Å²) in [4.78, 5) is 14.2. The van der Waals surface area contributed by atoms with Gasteiger partial charge in [0.1, 0.15) is 5.75 Å². The molecule has 35 heavy (non-hydrogen) atoms. The molecule has 1 unspecified atom stereocenters. The summed E-state index contributed by atoms with van der Waals surface area (Å²) in [5.74, 6) is -1.93. The van der Waals surface area contributed by atoms with E-state index in [-0.39, 0.29) is 17.4 Å². The lowest BCUT2D eigenvalue weighted by atomic mass is 9.96. The number of halogens is 3. The van der Waals surface area contributed by atoms with Crippen molar-refractivity contribution in [3.8, 4) is 27.4 Å². The van der Waals surface area contributed by atoms with Gasteiger partial charge < -0.3 is 9.47 Å². The minimum atomic E-state index is -1.09. The first-order chi connectivity index (χ1) is 17.0. The quantitative estimate of drug-likeness (QED) is 0.251. The van der Waals surface area contributed by atoms with E-state index >= 15 is 0 Å². The van der Waals surface area contributed by atoms with Gasteiger partial charge in [-0.25, -0.2) is 8.78 Å². The van der Waals surface area contributed by atoms with Crippen LogP contribution in [0.2, 0.25) is 5.02 Å². The molecule has 1 atom stereocenters. The fraction of sp³-hybridized carbons (Fsp3) is 0.185. The van der Waals surface area contributed by atoms with Gasteiger partial charge >= 0.3 is 0 Å². The SMILES string of the molecule is O=C(c1ccc(F)c(F)c1)c1c(-c2ccccc2Cl)nsc1-c1ccc(OC2CCCCO2)cc1. The Bertz CT molecular complexity index is 1370. The Morgan fingerprint density at radius 2 is 1.83 bits per heavy atom. The van der Waals surface area contributed by atoms with E-state index in [1.807, 2.05) is 24.3 Å². The van der Waals surface area contributed by atoms with E-state index in [0.29, 0.717) is 33.5 Å². The molecule has 0 aliphatic carbocycles. The van der Waals surface area contributed by atoms with E-state index in [4.69, 9.17) is 21.1 Å². The van der Waals surface area contributed by atoms with Crippen LogP contribution in [0.3, 0.4) is 0 Å². The van der Waals surface area contributed by atoms with Crippen molar-refractivity contribution in [2.75, 3.05) is 6.61 Å². The number of hydrogen-bond donors (Lipinski definition) is 0. The van der Waals surface area contributed by atoms with Gasteiger partial charge in [-0.15, -0.1) is 0 Å². The standard InChI is InChI=1S/C27H20ClF2NO3S/c28-20-6-2-1-5-19(20)25-24(26(32)17-10-13-21(29)22(30)15-17)27(35-31-25)16-8-11-18(12-9-16)34-23-7-3-4-14-33-23/h1-2,5-6,8-13,15,23H,3-4,7,14H2. The van der Waals surface area contributed by atoms with Crippen LogP contribution in [0.25, 0.3) is 21.7 Å². The predicted octanol–water partition coefficient (Wildman–Crippen LogP) is 7.55. The molecule has 4 nitrogen and oxygen atoms in total. The number of carbonyl (C=O) groups excluding carboxylic acids is 1. The highest BCUT2D eigenvalue weighted by Gasteiger charge is 2.26. The van der Waals surface area contributed by atoms with Crippen LogP contribution in [0.4, 0.5) is 8.78 Å². The maximum atomic E-state index is 13.9. The van der Waals surface area contributed by atoms with E-state index in [2.05, 4.69) is 4.37 Å². The number of aromatic nitrogens is 1. The summed E-state index contributed by atoms with van der Waals surface area (Å²) < 4.78 is 43.5. The van der Waals surface area contributed by atoms with Crippen LogP contribution in [-0.4, -0.2) is 23.1 Å². The van der Waals surface area contributed by atoms with Crippen molar-refractivity contribution in [1.82, 2.24) is 4.37 Å². The molecule has 0 N–H and O–H groups in total. The summed E-state index contributed by atoms with van der Waals surface area (Å²) in [6.45, 7) is 0.684. The van der Waals surface area contributed by atoms with E-state index < -0.39 is 17.4 Å². The third-order valence-corrected chi connectivity index (χ3v) is 6.98. The van der Waals surface area contributed by atoms with Gasteiger partial charge in [-0.2, -0.15) is 4.37 Å². The largest absolute Gasteiger partial charge is 0.465 e. The van der Waals surface area contributed by atoms with Gasteiger partial charge in [-0.3, -0.25) is 4.79 Å². The van der Waals surface area contributed by atoms with Crippen molar-refractivity contribution in [3.63, 3.8) is 0 Å². The minimum absolute atomic E-state index is 0.0213. The molecule has 4 aromatic rings. The van der Waals surface area contributed by atoms with E-state index in [9.17, 15) is 13.6 Å². The molecule has 0 spiro atoms. The first kappa shape index (κ1) is 23.6. The Morgan fingerprint density at radius 3 is 2.54 bits per heavy atom. The highest BCUT2D eigenvalue weighted by molar-refractivity contribution is 7.10. The summed E-state index contributed by atoms with van der Waals surface area (Å²) in [6, 6.07) is 17.5. The lowest BCUT2D eigenvalue weighted by Crippen LogP contribution is -2.24. The molecular formula is C27H20ClF2NO3S. The molecule has 3 aromatic carbocycles. The molecule has 1 fully saturated rings. The second-order valence-corrected chi connectivity index (χ2v) is 9.29. The number of carbonyl (C=O) groups is 1. The first-order valence-electron chi connectivity index (χ1n) is 11.1. The molecule has 1 saturated heterocycles. The predicted molar refractivity (Wildman–Crippen MR) is 132 cm³/mol. The van der Waals surface area contributed by atoms with Crippen molar-refractivity contribution in [2.24, 2.45) is 0 Å². The Kier molecular flexibility index (Phi) is 6.90. The summed E-state index contributed by atoms with van der Waals surface area (Å²) in [5.41, 5.74) is 2.01. The molecule has 1 aliphatic rings. The molecular weight excluding hydrogens is 492 g/mol. The van der Waals surface area contributed by atoms with Gasteiger partial charge in [0.05, 0.1) is 27.8 Å². The second kappa shape index (κ2) is 10.2. The maximum absolute atomic E-state index is 13.9. The summed E-state index contributed by atoms with van der Waals surface area (Å²) >= 11 is 7.55. The Labute approximate surface area is 210 Å². The van der Waals surface area contributed by atoms with Crippen LogP contribution in [0.1, 0.15) is 35.2 Å². The molecule has 178 valence electrons. The van der Waals surface area contributed by atoms with Gasteiger partial charge in [0, 0.05) is 17.5 Å². The van der Waals surface area contributed by atoms with Crippen LogP contribution in [0, 0.1) is 11.6 Å². The van der Waals surface area contributed by atoms with Gasteiger partial charge in [0.2, 0.25) is 0 Å². The molecule has 8 heteroatoms. The molecule has 0 amide bonds. The van der Waals surface area contributed by atoms with Crippen LogP contribution < -0.4 is 4.74 Å². The summed E-state index contributed by atoms with van der Waals surface area (Å²) in [7, 11) is 0. The maximum Gasteiger partial charge on any atom is 0.199 e. The van der Waals surface area contributed by atoms with Crippen LogP contribution in [0.15, 0.2) is 66.7 Å². The highest BCUT2D eigenvalue weighted by Crippen LogP contribution is 2.40. The van der Waals surface area contributed by atoms with Crippen molar-refractivity contribution in [3.05, 3.63) is 94.5 Å². The van der Waals surface area contributed by atoms with Crippen LogP contribution in [0.5, 0.6) is 5.75 Å². The first-order valence-corrected chi connectivity index (χ1v) is 12.3. The fourth-order valence-electron chi connectivity index (χ4n) is 3.96. The highest BCUT2D eigenvalue weighted by atomic mass is 35.5. The number of benzene rings is 3. The zero-order valence-corrected chi connectivity index (χ0v) is 20.0. The smallest absolute Gasteiger partial charge is 0.199 e. The normalized spacial score (nSPS) is 15.7. The van der Waals surface area contributed by atoms with Crippen molar-refractivity contribution < 1.29 is 23.0 Å². The Balaban J connectivity index is 1.55. The number of ether oxygens (including phenoxy) is 2. The van der Waals surface area contributed by atoms with Crippen molar-refractivity contribution >= 4 is 28.9 Å². The molecule has 1 aliphatic heterocycles. The molecule has 0 radical (unpaired) electrons. The lowest BCUT2D eigenvalue weighted by Gasteiger charge is -2.23. The van der Waals surface area contributed by atoms with E-state index in [0.717, 1.165) is 48.5 Å². The number of rotatable bonds is 6. The number of hydrogen-bond acceptors (Lipinski definition) is 5. The molecule has 0 bridgehead atoms. The summed E-state index contributed by atoms with van der Waals surface area (Å²) in [6.07, 6.45) is 2.66. The monoisotopic (exact) mass is 511 g/mol. The van der Waals surface area contributed by atoms with Crippen molar-refractivity contribution in [2.45, 2.75) is 25.6 Å². The molecule has 0 saturated carbocycles. The minimum Gasteiger partial charge on any atom is -0.465 e. The van der Waals surface area contributed by atoms with Crippen molar-refractivity contribution in [1.29, 1.82) is 0 Å². The average Bonchev–Trinajstić information content (AvgIpc) is 3.31. The molecule has 2 heterocycles. The second-order valence-electron chi connectivity index (χ2n) is 8.11. The topological polar surface area (TPSA) is 48.4 Å². The van der Waals surface area contributed by atoms with Gasteiger partial charge in [-0.05, 0) is 78.5 Å². The molecule has 1 aromatic heterocycles. The lowest BCUT2D eigenvalue weighted by molar-refractivity contribution is -0.105. The fourth-order valence-corrected chi connectivity index (χ4v) is 5.08. The van der Waals surface area contributed by atoms with E-state index in [1.165, 1.54) is 6.07 Å². The third kappa shape index (κ3) is 4.98. The summed E-state index contributed by atoms with van der Waals surface area (Å²) in [5, 5.41) is 0.430. The average molecular weight is 512 g/mol.